The lowest BCUT2D eigenvalue weighted by Gasteiger charge is -2.35. The molecule has 3 nitrogen and oxygen atoms in total. The van der Waals surface area contributed by atoms with Crippen LogP contribution in [0.2, 0.25) is 0 Å². The molecule has 1 aromatic heterocycles. The van der Waals surface area contributed by atoms with Gasteiger partial charge in [0.1, 0.15) is 5.01 Å². The fraction of sp³-hybridized carbons (Fsp3) is 0.727. The highest BCUT2D eigenvalue weighted by Crippen LogP contribution is 2.24. The maximum absolute atomic E-state index is 4.39. The van der Waals surface area contributed by atoms with Crippen LogP contribution in [0.5, 0.6) is 0 Å². The quantitative estimate of drug-likeness (QED) is 0.851. The molecule has 1 N–H and O–H groups in total. The van der Waals surface area contributed by atoms with Crippen molar-refractivity contribution in [2.24, 2.45) is 0 Å². The number of hydrogen-bond acceptors (Lipinski definition) is 4. The number of hydrogen-bond donors (Lipinski definition) is 1. The van der Waals surface area contributed by atoms with Crippen LogP contribution in [-0.4, -0.2) is 36.1 Å². The molecule has 1 fully saturated rings. The summed E-state index contributed by atoms with van der Waals surface area (Å²) in [5.74, 6) is 0. The second-order valence-corrected chi connectivity index (χ2v) is 5.14. The Balaban J connectivity index is 1.97. The van der Waals surface area contributed by atoms with E-state index in [9.17, 15) is 0 Å². The predicted octanol–water partition coefficient (Wildman–Crippen LogP) is 1.89. The number of nitrogens with one attached hydrogen (secondary N) is 1. The molecule has 2 rings (SSSR count). The molecule has 1 aliphatic rings. The summed E-state index contributed by atoms with van der Waals surface area (Å²) in [4.78, 5) is 6.84. The minimum absolute atomic E-state index is 0.440. The normalized spacial score (nSPS) is 24.3. The Kier molecular flexibility index (Phi) is 3.72. The minimum atomic E-state index is 0.440. The zero-order valence-electron chi connectivity index (χ0n) is 9.44. The minimum Gasteiger partial charge on any atom is -0.315 e. The third-order valence-corrected chi connectivity index (χ3v) is 4.21. The number of aromatic nitrogens is 1. The molecule has 1 aromatic rings. The molecule has 0 aliphatic carbocycles. The van der Waals surface area contributed by atoms with Gasteiger partial charge in [0.05, 0.1) is 6.04 Å². The van der Waals surface area contributed by atoms with Gasteiger partial charge in [-0.25, -0.2) is 4.98 Å². The summed E-state index contributed by atoms with van der Waals surface area (Å²) < 4.78 is 0. The first-order valence-electron chi connectivity index (χ1n) is 5.61. The van der Waals surface area contributed by atoms with E-state index in [0.29, 0.717) is 12.1 Å². The molecule has 84 valence electrons. The maximum atomic E-state index is 4.39. The molecule has 1 unspecified atom stereocenters. The van der Waals surface area contributed by atoms with Gasteiger partial charge in [0.2, 0.25) is 0 Å². The molecule has 1 saturated heterocycles. The molecule has 1 aliphatic heterocycles. The summed E-state index contributed by atoms with van der Waals surface area (Å²) in [5, 5.41) is 6.74. The van der Waals surface area contributed by atoms with E-state index in [4.69, 9.17) is 0 Å². The fourth-order valence-corrected chi connectivity index (χ4v) is 2.86. The molecule has 4 heteroatoms. The van der Waals surface area contributed by atoms with E-state index >= 15 is 0 Å². The van der Waals surface area contributed by atoms with Crippen molar-refractivity contribution in [2.75, 3.05) is 20.1 Å². The lowest BCUT2D eigenvalue weighted by Crippen LogP contribution is -2.45. The van der Waals surface area contributed by atoms with Crippen LogP contribution in [0.1, 0.15) is 30.8 Å². The highest BCUT2D eigenvalue weighted by molar-refractivity contribution is 7.09. The molecule has 0 aromatic carbocycles. The van der Waals surface area contributed by atoms with Crippen molar-refractivity contribution < 1.29 is 0 Å². The average molecular weight is 225 g/mol. The fourth-order valence-electron chi connectivity index (χ4n) is 2.11. The van der Waals surface area contributed by atoms with E-state index in [1.54, 1.807) is 11.3 Å². The topological polar surface area (TPSA) is 28.2 Å². The Morgan fingerprint density at radius 2 is 2.53 bits per heavy atom. The molecular weight excluding hydrogens is 206 g/mol. The predicted molar refractivity (Wildman–Crippen MR) is 64.2 cm³/mol. The van der Waals surface area contributed by atoms with Gasteiger partial charge in [-0.15, -0.1) is 11.3 Å². The first-order chi connectivity index (χ1) is 7.29. The van der Waals surface area contributed by atoms with E-state index in [1.165, 1.54) is 24.4 Å². The van der Waals surface area contributed by atoms with Crippen molar-refractivity contribution in [2.45, 2.75) is 31.8 Å². The van der Waals surface area contributed by atoms with Crippen LogP contribution < -0.4 is 5.32 Å². The van der Waals surface area contributed by atoms with Crippen LogP contribution in [0.4, 0.5) is 0 Å². The van der Waals surface area contributed by atoms with E-state index in [-0.39, 0.29) is 0 Å². The number of thiazole rings is 1. The van der Waals surface area contributed by atoms with Gasteiger partial charge in [-0.2, -0.15) is 0 Å². The summed E-state index contributed by atoms with van der Waals surface area (Å²) in [6.45, 7) is 4.54. The number of rotatable bonds is 3. The third kappa shape index (κ3) is 2.56. The SMILES string of the molecule is CC(c1nccs1)N(C)[C@@H]1CCCNC1. The van der Waals surface area contributed by atoms with Gasteiger partial charge in [0.15, 0.2) is 0 Å². The molecule has 2 heterocycles. The van der Waals surface area contributed by atoms with Crippen LogP contribution in [0, 0.1) is 0 Å². The standard InChI is InChI=1S/C11H19N3S/c1-9(11-13-6-7-15-11)14(2)10-4-3-5-12-8-10/h6-7,9-10,12H,3-5,8H2,1-2H3/t9?,10-/m1/s1. The molecule has 15 heavy (non-hydrogen) atoms. The third-order valence-electron chi connectivity index (χ3n) is 3.27. The zero-order valence-corrected chi connectivity index (χ0v) is 10.3. The highest BCUT2D eigenvalue weighted by Gasteiger charge is 2.23. The Morgan fingerprint density at radius 1 is 1.67 bits per heavy atom. The second kappa shape index (κ2) is 5.05. The van der Waals surface area contributed by atoms with Crippen LogP contribution in [-0.2, 0) is 0 Å². The van der Waals surface area contributed by atoms with E-state index in [1.807, 2.05) is 6.20 Å². The maximum Gasteiger partial charge on any atom is 0.109 e. The molecule has 0 bridgehead atoms. The highest BCUT2D eigenvalue weighted by atomic mass is 32.1. The van der Waals surface area contributed by atoms with Gasteiger partial charge in [-0.05, 0) is 33.4 Å². The van der Waals surface area contributed by atoms with Gasteiger partial charge in [0.25, 0.3) is 0 Å². The van der Waals surface area contributed by atoms with E-state index < -0.39 is 0 Å². The average Bonchev–Trinajstić information content (AvgIpc) is 2.82. The largest absolute Gasteiger partial charge is 0.315 e. The van der Waals surface area contributed by atoms with Crippen molar-refractivity contribution in [3.8, 4) is 0 Å². The molecule has 0 spiro atoms. The van der Waals surface area contributed by atoms with Crippen LogP contribution >= 0.6 is 11.3 Å². The smallest absolute Gasteiger partial charge is 0.109 e. The molecule has 2 atom stereocenters. The monoisotopic (exact) mass is 225 g/mol. The summed E-state index contributed by atoms with van der Waals surface area (Å²) in [7, 11) is 2.21. The van der Waals surface area contributed by atoms with Crippen LogP contribution in [0.3, 0.4) is 0 Å². The van der Waals surface area contributed by atoms with Gasteiger partial charge in [-0.1, -0.05) is 0 Å². The molecular formula is C11H19N3S. The molecule has 0 amide bonds. The van der Waals surface area contributed by atoms with Crippen molar-refractivity contribution in [1.82, 2.24) is 15.2 Å². The Morgan fingerprint density at radius 3 is 3.13 bits per heavy atom. The van der Waals surface area contributed by atoms with Gasteiger partial charge >= 0.3 is 0 Å². The first-order valence-corrected chi connectivity index (χ1v) is 6.49. The Labute approximate surface area is 95.5 Å². The number of piperidine rings is 1. The van der Waals surface area contributed by atoms with Crippen molar-refractivity contribution in [1.29, 1.82) is 0 Å². The summed E-state index contributed by atoms with van der Waals surface area (Å²) in [6, 6.07) is 1.10. The molecule has 0 radical (unpaired) electrons. The summed E-state index contributed by atoms with van der Waals surface area (Å²) in [5.41, 5.74) is 0. The van der Waals surface area contributed by atoms with Crippen molar-refractivity contribution in [3.63, 3.8) is 0 Å². The number of nitrogens with zero attached hydrogens (tertiary/aromatic N) is 2. The van der Waals surface area contributed by atoms with Gasteiger partial charge in [-0.3, -0.25) is 4.90 Å². The van der Waals surface area contributed by atoms with E-state index in [2.05, 4.69) is 34.6 Å². The summed E-state index contributed by atoms with van der Waals surface area (Å²) >= 11 is 1.75. The van der Waals surface area contributed by atoms with Gasteiger partial charge < -0.3 is 5.32 Å². The Bertz CT molecular complexity index is 280. The second-order valence-electron chi connectivity index (χ2n) is 4.21. The Hall–Kier alpha value is -0.450. The van der Waals surface area contributed by atoms with Crippen molar-refractivity contribution >= 4 is 11.3 Å². The van der Waals surface area contributed by atoms with Gasteiger partial charge in [0, 0.05) is 24.2 Å². The van der Waals surface area contributed by atoms with Crippen LogP contribution in [0.15, 0.2) is 11.6 Å². The summed E-state index contributed by atoms with van der Waals surface area (Å²) in [6.07, 6.45) is 4.49. The van der Waals surface area contributed by atoms with Crippen molar-refractivity contribution in [3.05, 3.63) is 16.6 Å². The lowest BCUT2D eigenvalue weighted by atomic mass is 10.1. The number of likely N-dealkylation sites (N-methyl/N-ethyl adjacent to an activating group) is 1. The first kappa shape index (κ1) is 11.0. The lowest BCUT2D eigenvalue weighted by molar-refractivity contribution is 0.156. The van der Waals surface area contributed by atoms with Crippen LogP contribution in [0.25, 0.3) is 0 Å². The molecule has 0 saturated carbocycles. The van der Waals surface area contributed by atoms with E-state index in [0.717, 1.165) is 6.54 Å². The zero-order chi connectivity index (χ0) is 10.7.